The van der Waals surface area contributed by atoms with Crippen LogP contribution in [0, 0.1) is 0 Å². The fourth-order valence-electron chi connectivity index (χ4n) is 0. The molecular formula is C5H15NO2. The molecule has 0 aliphatic carbocycles. The fourth-order valence-corrected chi connectivity index (χ4v) is 0. The first-order valence-corrected chi connectivity index (χ1v) is 2.46. The van der Waals surface area contributed by atoms with E-state index in [1.165, 1.54) is 7.05 Å². The summed E-state index contributed by atoms with van der Waals surface area (Å²) in [5, 5.41) is 7.90. The van der Waals surface area contributed by atoms with Gasteiger partial charge in [-0.2, -0.15) is 0 Å². The van der Waals surface area contributed by atoms with E-state index in [-0.39, 0.29) is 0 Å². The topological polar surface area (TPSA) is 55.5 Å². The number of nitrogens with two attached hydrogens (primary N) is 1. The van der Waals surface area contributed by atoms with Gasteiger partial charge < -0.3 is 5.73 Å². The van der Waals surface area contributed by atoms with Crippen molar-refractivity contribution in [2.75, 3.05) is 7.05 Å². The van der Waals surface area contributed by atoms with Gasteiger partial charge in [-0.05, 0) is 27.8 Å². The van der Waals surface area contributed by atoms with Gasteiger partial charge in [-0.25, -0.2) is 4.89 Å². The van der Waals surface area contributed by atoms with Gasteiger partial charge in [0.25, 0.3) is 0 Å². The summed E-state index contributed by atoms with van der Waals surface area (Å²) < 4.78 is 0. The summed E-state index contributed by atoms with van der Waals surface area (Å²) in [4.78, 5) is 3.94. The summed E-state index contributed by atoms with van der Waals surface area (Å²) in [6.45, 7) is 5.31. The molecule has 0 aromatic carbocycles. The molecular weight excluding hydrogens is 106 g/mol. The highest BCUT2D eigenvalue weighted by Crippen LogP contribution is 2.01. The average Bonchev–Trinajstić information content (AvgIpc) is 1.71. The second-order valence-electron chi connectivity index (χ2n) is 2.20. The van der Waals surface area contributed by atoms with E-state index in [0.717, 1.165) is 0 Å². The monoisotopic (exact) mass is 121 g/mol. The molecule has 0 aliphatic heterocycles. The van der Waals surface area contributed by atoms with Crippen LogP contribution < -0.4 is 5.73 Å². The molecule has 0 aromatic rings. The largest absolute Gasteiger partial charge is 0.333 e. The third-order valence-corrected chi connectivity index (χ3v) is 0.274. The lowest BCUT2D eigenvalue weighted by molar-refractivity contribution is -0.306. The maximum absolute atomic E-state index is 7.90. The Morgan fingerprint density at radius 1 is 1.25 bits per heavy atom. The van der Waals surface area contributed by atoms with E-state index in [0.29, 0.717) is 0 Å². The Morgan fingerprint density at radius 3 is 1.38 bits per heavy atom. The van der Waals surface area contributed by atoms with Gasteiger partial charge in [0.15, 0.2) is 0 Å². The molecule has 0 heterocycles. The third kappa shape index (κ3) is 16.9. The van der Waals surface area contributed by atoms with Crippen molar-refractivity contribution in [3.63, 3.8) is 0 Å². The van der Waals surface area contributed by atoms with E-state index in [1.54, 1.807) is 20.8 Å². The van der Waals surface area contributed by atoms with Crippen LogP contribution in [0.4, 0.5) is 0 Å². The number of rotatable bonds is 0. The standard InChI is InChI=1S/C4H10O2.CH5N/c1-4(2,3)6-5;1-2/h5H,1-3H3;2H2,1H3. The molecule has 3 heteroatoms. The summed E-state index contributed by atoms with van der Waals surface area (Å²) in [5.41, 5.74) is 4.10. The van der Waals surface area contributed by atoms with Crippen molar-refractivity contribution in [2.24, 2.45) is 5.73 Å². The van der Waals surface area contributed by atoms with Crippen molar-refractivity contribution in [3.8, 4) is 0 Å². The van der Waals surface area contributed by atoms with Gasteiger partial charge in [0.05, 0.1) is 5.60 Å². The van der Waals surface area contributed by atoms with Crippen LogP contribution in [-0.2, 0) is 4.89 Å². The molecule has 0 rings (SSSR count). The van der Waals surface area contributed by atoms with Gasteiger partial charge in [-0.15, -0.1) is 0 Å². The van der Waals surface area contributed by atoms with Crippen LogP contribution >= 0.6 is 0 Å². The summed E-state index contributed by atoms with van der Waals surface area (Å²) in [5.74, 6) is 0. The van der Waals surface area contributed by atoms with E-state index in [2.05, 4.69) is 10.6 Å². The molecule has 0 aromatic heterocycles. The highest BCUT2D eigenvalue weighted by Gasteiger charge is 2.06. The molecule has 52 valence electrons. The van der Waals surface area contributed by atoms with Gasteiger partial charge in [0.2, 0.25) is 0 Å². The van der Waals surface area contributed by atoms with Gasteiger partial charge in [-0.3, -0.25) is 5.26 Å². The molecule has 0 spiro atoms. The normalized spacial score (nSPS) is 9.75. The van der Waals surface area contributed by atoms with Crippen LogP contribution in [-0.4, -0.2) is 17.9 Å². The van der Waals surface area contributed by atoms with Crippen LogP contribution in [0.2, 0.25) is 0 Å². The van der Waals surface area contributed by atoms with Crippen molar-refractivity contribution in [1.29, 1.82) is 0 Å². The lowest BCUT2D eigenvalue weighted by Gasteiger charge is -2.10. The first-order chi connectivity index (χ1) is 3.56. The minimum Gasteiger partial charge on any atom is -0.333 e. The molecule has 0 aliphatic rings. The minimum atomic E-state index is -0.403. The Morgan fingerprint density at radius 2 is 1.38 bits per heavy atom. The zero-order valence-corrected chi connectivity index (χ0v) is 5.93. The van der Waals surface area contributed by atoms with E-state index < -0.39 is 5.60 Å². The first kappa shape index (κ1) is 10.8. The lowest BCUT2D eigenvalue weighted by Crippen LogP contribution is -2.15. The van der Waals surface area contributed by atoms with Crippen LogP contribution in [0.15, 0.2) is 0 Å². The van der Waals surface area contributed by atoms with Crippen LogP contribution in [0.3, 0.4) is 0 Å². The fraction of sp³-hybridized carbons (Fsp3) is 1.00. The van der Waals surface area contributed by atoms with Crippen molar-refractivity contribution >= 4 is 0 Å². The molecule has 3 N–H and O–H groups in total. The zero-order valence-electron chi connectivity index (χ0n) is 5.93. The molecule has 0 fully saturated rings. The van der Waals surface area contributed by atoms with Crippen LogP contribution in [0.25, 0.3) is 0 Å². The van der Waals surface area contributed by atoms with Gasteiger partial charge in [0, 0.05) is 0 Å². The van der Waals surface area contributed by atoms with Gasteiger partial charge in [-0.1, -0.05) is 0 Å². The predicted octanol–water partition coefficient (Wildman–Crippen LogP) is 0.849. The summed E-state index contributed by atoms with van der Waals surface area (Å²) >= 11 is 0. The third-order valence-electron chi connectivity index (χ3n) is 0.274. The van der Waals surface area contributed by atoms with Crippen molar-refractivity contribution < 1.29 is 10.1 Å². The Balaban J connectivity index is 0. The SMILES string of the molecule is CC(C)(C)OO.CN. The highest BCUT2D eigenvalue weighted by atomic mass is 17.1. The maximum atomic E-state index is 7.90. The Kier molecular flexibility index (Phi) is 6.78. The van der Waals surface area contributed by atoms with Crippen molar-refractivity contribution in [1.82, 2.24) is 0 Å². The molecule has 0 saturated heterocycles. The molecule has 0 saturated carbocycles. The number of hydrogen-bond acceptors (Lipinski definition) is 3. The Bertz CT molecular complexity index is 40.2. The average molecular weight is 121 g/mol. The molecule has 0 bridgehead atoms. The number of hydrogen-bond donors (Lipinski definition) is 2. The molecule has 3 nitrogen and oxygen atoms in total. The summed E-state index contributed by atoms with van der Waals surface area (Å²) in [6.07, 6.45) is 0. The van der Waals surface area contributed by atoms with Gasteiger partial charge >= 0.3 is 0 Å². The van der Waals surface area contributed by atoms with Crippen molar-refractivity contribution in [2.45, 2.75) is 26.4 Å². The molecule has 0 unspecified atom stereocenters. The lowest BCUT2D eigenvalue weighted by atomic mass is 10.2. The predicted molar refractivity (Wildman–Crippen MR) is 33.6 cm³/mol. The summed E-state index contributed by atoms with van der Waals surface area (Å²) in [6, 6.07) is 0. The maximum Gasteiger partial charge on any atom is 0.0949 e. The quantitative estimate of drug-likeness (QED) is 0.369. The Labute approximate surface area is 50.4 Å². The van der Waals surface area contributed by atoms with Crippen LogP contribution in [0.1, 0.15) is 20.8 Å². The van der Waals surface area contributed by atoms with E-state index in [4.69, 9.17) is 5.26 Å². The first-order valence-electron chi connectivity index (χ1n) is 2.46. The van der Waals surface area contributed by atoms with E-state index in [1.807, 2.05) is 0 Å². The smallest absolute Gasteiger partial charge is 0.0949 e. The molecule has 0 atom stereocenters. The van der Waals surface area contributed by atoms with E-state index >= 15 is 0 Å². The molecule has 0 radical (unpaired) electrons. The van der Waals surface area contributed by atoms with Crippen molar-refractivity contribution in [3.05, 3.63) is 0 Å². The minimum absolute atomic E-state index is 0.403. The van der Waals surface area contributed by atoms with Crippen LogP contribution in [0.5, 0.6) is 0 Å². The second kappa shape index (κ2) is 5.03. The summed E-state index contributed by atoms with van der Waals surface area (Å²) in [7, 11) is 1.50. The molecule has 8 heavy (non-hydrogen) atoms. The zero-order chi connectivity index (χ0) is 7.21. The van der Waals surface area contributed by atoms with Gasteiger partial charge in [0.1, 0.15) is 0 Å². The molecule has 0 amide bonds. The second-order valence-corrected chi connectivity index (χ2v) is 2.20. The highest BCUT2D eigenvalue weighted by molar-refractivity contribution is 4.53. The Hall–Kier alpha value is -0.120. The van der Waals surface area contributed by atoms with E-state index in [9.17, 15) is 0 Å².